The Kier molecular flexibility index (Phi) is 5.15. The molecule has 0 rings (SSSR count). The van der Waals surface area contributed by atoms with E-state index in [1.807, 2.05) is 0 Å². The Morgan fingerprint density at radius 2 is 2.00 bits per heavy atom. The highest BCUT2D eigenvalue weighted by atomic mass is 16.2. The molecule has 0 aliphatic rings. The molecule has 0 aliphatic heterocycles. The number of Topliss-reactive ketones (excluding diaryl/α,β-unsaturated/α-hetero) is 1. The van der Waals surface area contributed by atoms with Crippen molar-refractivity contribution in [3.05, 3.63) is 0 Å². The number of hydrogen-bond donors (Lipinski definition) is 2. The van der Waals surface area contributed by atoms with Gasteiger partial charge in [-0.2, -0.15) is 0 Å². The summed E-state index contributed by atoms with van der Waals surface area (Å²) < 4.78 is 0. The highest BCUT2D eigenvalue weighted by Crippen LogP contribution is 1.86. The van der Waals surface area contributed by atoms with Crippen LogP contribution in [-0.4, -0.2) is 25.4 Å². The van der Waals surface area contributed by atoms with E-state index in [9.17, 15) is 9.59 Å². The second-order valence-corrected chi connectivity index (χ2v) is 2.31. The van der Waals surface area contributed by atoms with Gasteiger partial charge in [0.1, 0.15) is 5.78 Å². The SMILES string of the molecule is CNC(=O)NCCCC(C)=O. The van der Waals surface area contributed by atoms with E-state index in [-0.39, 0.29) is 11.8 Å². The lowest BCUT2D eigenvalue weighted by molar-refractivity contribution is -0.117. The summed E-state index contributed by atoms with van der Waals surface area (Å²) in [6.45, 7) is 2.10. The first-order valence-corrected chi connectivity index (χ1v) is 3.62. The van der Waals surface area contributed by atoms with Crippen molar-refractivity contribution in [2.75, 3.05) is 13.6 Å². The molecule has 0 fully saturated rings. The summed E-state index contributed by atoms with van der Waals surface area (Å²) in [7, 11) is 1.56. The molecule has 0 heterocycles. The molecule has 0 saturated heterocycles. The Morgan fingerprint density at radius 1 is 1.36 bits per heavy atom. The summed E-state index contributed by atoms with van der Waals surface area (Å²) in [6.07, 6.45) is 1.24. The van der Waals surface area contributed by atoms with Gasteiger partial charge in [0.15, 0.2) is 0 Å². The average molecular weight is 158 g/mol. The molecule has 0 aromatic carbocycles. The monoisotopic (exact) mass is 158 g/mol. The van der Waals surface area contributed by atoms with Gasteiger partial charge in [-0.15, -0.1) is 0 Å². The third-order valence-corrected chi connectivity index (χ3v) is 1.22. The number of carbonyl (C=O) groups excluding carboxylic acids is 2. The van der Waals surface area contributed by atoms with Crippen molar-refractivity contribution in [1.82, 2.24) is 10.6 Å². The largest absolute Gasteiger partial charge is 0.341 e. The normalized spacial score (nSPS) is 8.91. The zero-order valence-corrected chi connectivity index (χ0v) is 6.94. The quantitative estimate of drug-likeness (QED) is 0.577. The molecule has 0 aromatic rings. The Balaban J connectivity index is 3.14. The predicted octanol–water partition coefficient (Wildman–Crippen LogP) is 0.285. The number of rotatable bonds is 4. The maximum atomic E-state index is 10.5. The van der Waals surface area contributed by atoms with Crippen molar-refractivity contribution in [3.8, 4) is 0 Å². The molecular weight excluding hydrogens is 144 g/mol. The zero-order chi connectivity index (χ0) is 8.69. The highest BCUT2D eigenvalue weighted by Gasteiger charge is 1.95. The van der Waals surface area contributed by atoms with Crippen LogP contribution in [-0.2, 0) is 4.79 Å². The van der Waals surface area contributed by atoms with Gasteiger partial charge in [0, 0.05) is 20.0 Å². The van der Waals surface area contributed by atoms with E-state index in [2.05, 4.69) is 10.6 Å². The first-order chi connectivity index (χ1) is 5.16. The van der Waals surface area contributed by atoms with Gasteiger partial charge in [0.05, 0.1) is 0 Å². The summed E-state index contributed by atoms with van der Waals surface area (Å²) >= 11 is 0. The van der Waals surface area contributed by atoms with Crippen LogP contribution in [0.1, 0.15) is 19.8 Å². The van der Waals surface area contributed by atoms with Crippen LogP contribution in [0, 0.1) is 0 Å². The van der Waals surface area contributed by atoms with Crippen molar-refractivity contribution in [1.29, 1.82) is 0 Å². The van der Waals surface area contributed by atoms with Gasteiger partial charge in [-0.3, -0.25) is 0 Å². The second kappa shape index (κ2) is 5.70. The lowest BCUT2D eigenvalue weighted by Gasteiger charge is -2.01. The van der Waals surface area contributed by atoms with Crippen LogP contribution >= 0.6 is 0 Å². The summed E-state index contributed by atoms with van der Waals surface area (Å²) in [6, 6.07) is -0.200. The standard InChI is InChI=1S/C7H14N2O2/c1-6(10)4-3-5-9-7(11)8-2/h3-5H2,1-2H3,(H2,8,9,11). The van der Waals surface area contributed by atoms with Crippen LogP contribution < -0.4 is 10.6 Å². The van der Waals surface area contributed by atoms with Crippen LogP contribution in [0.15, 0.2) is 0 Å². The lowest BCUT2D eigenvalue weighted by Crippen LogP contribution is -2.33. The number of carbonyl (C=O) groups is 2. The van der Waals surface area contributed by atoms with Crippen LogP contribution in [0.3, 0.4) is 0 Å². The van der Waals surface area contributed by atoms with E-state index in [4.69, 9.17) is 0 Å². The van der Waals surface area contributed by atoms with Crippen LogP contribution in [0.25, 0.3) is 0 Å². The molecule has 4 heteroatoms. The Hall–Kier alpha value is -1.06. The third-order valence-electron chi connectivity index (χ3n) is 1.22. The summed E-state index contributed by atoms with van der Waals surface area (Å²) in [5.41, 5.74) is 0. The van der Waals surface area contributed by atoms with Gasteiger partial charge in [0.2, 0.25) is 0 Å². The predicted molar refractivity (Wildman–Crippen MR) is 42.4 cm³/mol. The van der Waals surface area contributed by atoms with Gasteiger partial charge in [0.25, 0.3) is 0 Å². The summed E-state index contributed by atoms with van der Waals surface area (Å²) in [5.74, 6) is 0.156. The molecule has 0 saturated carbocycles. The Bertz CT molecular complexity index is 145. The Morgan fingerprint density at radius 3 is 2.45 bits per heavy atom. The van der Waals surface area contributed by atoms with Gasteiger partial charge >= 0.3 is 6.03 Å². The molecule has 0 radical (unpaired) electrons. The van der Waals surface area contributed by atoms with Crippen molar-refractivity contribution >= 4 is 11.8 Å². The number of urea groups is 1. The van der Waals surface area contributed by atoms with E-state index in [0.717, 1.165) is 0 Å². The van der Waals surface area contributed by atoms with Crippen LogP contribution in [0.5, 0.6) is 0 Å². The smallest absolute Gasteiger partial charge is 0.314 e. The Labute approximate surface area is 66.4 Å². The van der Waals surface area contributed by atoms with Gasteiger partial charge in [-0.25, -0.2) is 4.79 Å². The van der Waals surface area contributed by atoms with E-state index in [1.165, 1.54) is 0 Å². The molecule has 0 aliphatic carbocycles. The number of hydrogen-bond acceptors (Lipinski definition) is 2. The second-order valence-electron chi connectivity index (χ2n) is 2.31. The molecular formula is C7H14N2O2. The molecule has 0 unspecified atom stereocenters. The molecule has 0 aromatic heterocycles. The van der Waals surface area contributed by atoms with Crippen molar-refractivity contribution in [2.24, 2.45) is 0 Å². The average Bonchev–Trinajstić information content (AvgIpc) is 1.97. The molecule has 64 valence electrons. The highest BCUT2D eigenvalue weighted by molar-refractivity contribution is 5.75. The number of ketones is 1. The number of amides is 2. The maximum absolute atomic E-state index is 10.5. The van der Waals surface area contributed by atoms with Gasteiger partial charge < -0.3 is 15.4 Å². The zero-order valence-electron chi connectivity index (χ0n) is 6.94. The van der Waals surface area contributed by atoms with Crippen LogP contribution in [0.4, 0.5) is 4.79 Å². The molecule has 0 spiro atoms. The molecule has 11 heavy (non-hydrogen) atoms. The van der Waals surface area contributed by atoms with E-state index >= 15 is 0 Å². The van der Waals surface area contributed by atoms with Crippen molar-refractivity contribution in [2.45, 2.75) is 19.8 Å². The molecule has 2 amide bonds. The molecule has 2 N–H and O–H groups in total. The van der Waals surface area contributed by atoms with Crippen molar-refractivity contribution < 1.29 is 9.59 Å². The first-order valence-electron chi connectivity index (χ1n) is 3.62. The molecule has 4 nitrogen and oxygen atoms in total. The van der Waals surface area contributed by atoms with Gasteiger partial charge in [-0.05, 0) is 13.3 Å². The fraction of sp³-hybridized carbons (Fsp3) is 0.714. The fourth-order valence-corrected chi connectivity index (χ4v) is 0.628. The maximum Gasteiger partial charge on any atom is 0.314 e. The fourth-order valence-electron chi connectivity index (χ4n) is 0.628. The van der Waals surface area contributed by atoms with Crippen LogP contribution in [0.2, 0.25) is 0 Å². The minimum Gasteiger partial charge on any atom is -0.341 e. The minimum absolute atomic E-state index is 0.156. The molecule has 0 atom stereocenters. The van der Waals surface area contributed by atoms with E-state index < -0.39 is 0 Å². The van der Waals surface area contributed by atoms with Crippen molar-refractivity contribution in [3.63, 3.8) is 0 Å². The summed E-state index contributed by atoms with van der Waals surface area (Å²) in [4.78, 5) is 21.0. The number of nitrogens with one attached hydrogen (secondary N) is 2. The summed E-state index contributed by atoms with van der Waals surface area (Å²) in [5, 5.41) is 5.00. The van der Waals surface area contributed by atoms with Gasteiger partial charge in [-0.1, -0.05) is 0 Å². The topological polar surface area (TPSA) is 58.2 Å². The molecule has 0 bridgehead atoms. The van der Waals surface area contributed by atoms with E-state index in [0.29, 0.717) is 19.4 Å². The lowest BCUT2D eigenvalue weighted by atomic mass is 10.2. The first kappa shape index (κ1) is 9.94. The third kappa shape index (κ3) is 6.83. The van der Waals surface area contributed by atoms with E-state index in [1.54, 1.807) is 14.0 Å². The minimum atomic E-state index is -0.200.